The fraction of sp³-hybridized carbons (Fsp3) is 0.174. The van der Waals surface area contributed by atoms with Crippen LogP contribution in [-0.2, 0) is 20.4 Å². The number of cyclic esters (lactones) is 1. The number of rotatable bonds is 5. The van der Waals surface area contributed by atoms with Crippen molar-refractivity contribution < 1.29 is 14.3 Å². The highest BCUT2D eigenvalue weighted by Gasteiger charge is 2.29. The fourth-order valence-corrected chi connectivity index (χ4v) is 5.18. The molecule has 0 saturated carbocycles. The monoisotopic (exact) mass is 377 g/mol. The van der Waals surface area contributed by atoms with Gasteiger partial charge in [-0.25, -0.2) is 4.79 Å². The lowest BCUT2D eigenvalue weighted by atomic mass is 10.1. The molecule has 0 amide bonds. The summed E-state index contributed by atoms with van der Waals surface area (Å²) in [7, 11) is -0.184. The SMILES string of the molecule is O=C1OCCCC1Oc1ccc([S+](c2ccccc2)c2ccccc2)cc1. The smallest absolute Gasteiger partial charge is 0.347 e. The Labute approximate surface area is 162 Å². The standard InChI is InChI=1S/C23H21O3S/c24-23-22(12-7-17-25-23)26-18-13-15-21(16-14-18)27(19-8-3-1-4-9-19)20-10-5-2-6-11-20/h1-6,8-11,13-16,22H,7,12,17H2/q+1. The maximum absolute atomic E-state index is 11.8. The second kappa shape index (κ2) is 8.31. The highest BCUT2D eigenvalue weighted by molar-refractivity contribution is 7.97. The van der Waals surface area contributed by atoms with Crippen molar-refractivity contribution in [1.29, 1.82) is 0 Å². The van der Waals surface area contributed by atoms with Gasteiger partial charge in [0.1, 0.15) is 5.75 Å². The molecule has 0 radical (unpaired) electrons. The van der Waals surface area contributed by atoms with Crippen LogP contribution in [0.5, 0.6) is 5.75 Å². The molecule has 1 aliphatic rings. The summed E-state index contributed by atoms with van der Waals surface area (Å²) >= 11 is 0. The molecule has 4 rings (SSSR count). The van der Waals surface area contributed by atoms with Crippen LogP contribution in [0, 0.1) is 0 Å². The van der Waals surface area contributed by atoms with E-state index in [1.165, 1.54) is 14.7 Å². The average Bonchev–Trinajstić information content (AvgIpc) is 2.73. The molecule has 1 fully saturated rings. The maximum Gasteiger partial charge on any atom is 0.347 e. The molecule has 0 spiro atoms. The first-order valence-corrected chi connectivity index (χ1v) is 10.3. The molecule has 1 heterocycles. The van der Waals surface area contributed by atoms with Gasteiger partial charge in [-0.1, -0.05) is 36.4 Å². The average molecular weight is 377 g/mol. The van der Waals surface area contributed by atoms with Crippen LogP contribution in [-0.4, -0.2) is 18.7 Å². The first kappa shape index (κ1) is 17.7. The maximum atomic E-state index is 11.8. The number of carbonyl (C=O) groups excluding carboxylic acids is 1. The highest BCUT2D eigenvalue weighted by atomic mass is 32.2. The molecule has 1 atom stereocenters. The molecule has 3 aromatic carbocycles. The summed E-state index contributed by atoms with van der Waals surface area (Å²) in [5.41, 5.74) is 0. The molecule has 1 unspecified atom stereocenters. The summed E-state index contributed by atoms with van der Waals surface area (Å²) in [5.74, 6) is 0.436. The van der Waals surface area contributed by atoms with Gasteiger partial charge < -0.3 is 9.47 Å². The first-order valence-electron chi connectivity index (χ1n) is 9.09. The predicted molar refractivity (Wildman–Crippen MR) is 106 cm³/mol. The van der Waals surface area contributed by atoms with Gasteiger partial charge in [-0.05, 0) is 61.4 Å². The Morgan fingerprint density at radius 2 is 1.33 bits per heavy atom. The molecule has 136 valence electrons. The van der Waals surface area contributed by atoms with Crippen molar-refractivity contribution in [1.82, 2.24) is 0 Å². The largest absolute Gasteiger partial charge is 0.479 e. The molecule has 0 aliphatic carbocycles. The topological polar surface area (TPSA) is 35.5 Å². The molecular weight excluding hydrogens is 356 g/mol. The lowest BCUT2D eigenvalue weighted by Crippen LogP contribution is -2.33. The molecule has 1 saturated heterocycles. The molecule has 0 aromatic heterocycles. The fourth-order valence-electron chi connectivity index (χ4n) is 3.10. The van der Waals surface area contributed by atoms with E-state index in [-0.39, 0.29) is 16.9 Å². The van der Waals surface area contributed by atoms with Crippen molar-refractivity contribution in [3.05, 3.63) is 84.9 Å². The van der Waals surface area contributed by atoms with Crippen LogP contribution >= 0.6 is 0 Å². The van der Waals surface area contributed by atoms with Gasteiger partial charge in [0.15, 0.2) is 20.8 Å². The molecule has 3 aromatic rings. The number of ether oxygens (including phenoxy) is 2. The summed E-state index contributed by atoms with van der Waals surface area (Å²) in [6.45, 7) is 0.495. The van der Waals surface area contributed by atoms with Crippen LogP contribution in [0.2, 0.25) is 0 Å². The van der Waals surface area contributed by atoms with E-state index in [4.69, 9.17) is 9.47 Å². The molecule has 4 heteroatoms. The number of esters is 1. The Bertz CT molecular complexity index is 839. The van der Waals surface area contributed by atoms with Crippen molar-refractivity contribution in [2.45, 2.75) is 33.6 Å². The van der Waals surface area contributed by atoms with E-state index >= 15 is 0 Å². The zero-order chi connectivity index (χ0) is 18.5. The van der Waals surface area contributed by atoms with Crippen molar-refractivity contribution in [2.75, 3.05) is 6.61 Å². The van der Waals surface area contributed by atoms with Crippen LogP contribution in [0.4, 0.5) is 0 Å². The van der Waals surface area contributed by atoms with E-state index in [1.807, 2.05) is 24.3 Å². The zero-order valence-electron chi connectivity index (χ0n) is 14.9. The van der Waals surface area contributed by atoms with Gasteiger partial charge in [-0.15, -0.1) is 0 Å². The van der Waals surface area contributed by atoms with Gasteiger partial charge in [-0.2, -0.15) is 0 Å². The summed E-state index contributed by atoms with van der Waals surface area (Å²) < 4.78 is 10.9. The van der Waals surface area contributed by atoms with Gasteiger partial charge in [0.05, 0.1) is 17.5 Å². The number of benzene rings is 3. The van der Waals surface area contributed by atoms with Crippen molar-refractivity contribution in [3.8, 4) is 5.75 Å². The van der Waals surface area contributed by atoms with Crippen molar-refractivity contribution in [3.63, 3.8) is 0 Å². The minimum absolute atomic E-state index is 0.184. The summed E-state index contributed by atoms with van der Waals surface area (Å²) in [6, 6.07) is 29.1. The van der Waals surface area contributed by atoms with Crippen LogP contribution < -0.4 is 4.74 Å². The van der Waals surface area contributed by atoms with Crippen LogP contribution in [0.3, 0.4) is 0 Å². The van der Waals surface area contributed by atoms with E-state index < -0.39 is 6.10 Å². The van der Waals surface area contributed by atoms with Gasteiger partial charge in [-0.3, -0.25) is 0 Å². The van der Waals surface area contributed by atoms with Gasteiger partial charge >= 0.3 is 5.97 Å². The Hall–Kier alpha value is -2.72. The van der Waals surface area contributed by atoms with E-state index in [9.17, 15) is 4.79 Å². The Morgan fingerprint density at radius 1 is 0.778 bits per heavy atom. The van der Waals surface area contributed by atoms with Crippen molar-refractivity contribution in [2.24, 2.45) is 0 Å². The lowest BCUT2D eigenvalue weighted by molar-refractivity contribution is -0.156. The summed E-state index contributed by atoms with van der Waals surface area (Å²) in [4.78, 5) is 15.6. The van der Waals surface area contributed by atoms with Crippen LogP contribution in [0.25, 0.3) is 0 Å². The lowest BCUT2D eigenvalue weighted by Gasteiger charge is -2.21. The van der Waals surface area contributed by atoms with Gasteiger partial charge in [0.2, 0.25) is 0 Å². The second-order valence-electron chi connectivity index (χ2n) is 6.32. The van der Waals surface area contributed by atoms with E-state index in [1.54, 1.807) is 0 Å². The molecule has 0 N–H and O–H groups in total. The van der Waals surface area contributed by atoms with Gasteiger partial charge in [0, 0.05) is 0 Å². The van der Waals surface area contributed by atoms with E-state index in [0.717, 1.165) is 6.42 Å². The van der Waals surface area contributed by atoms with Gasteiger partial charge in [0.25, 0.3) is 0 Å². The van der Waals surface area contributed by atoms with Crippen molar-refractivity contribution >= 4 is 16.9 Å². The minimum atomic E-state index is -0.494. The predicted octanol–water partition coefficient (Wildman–Crippen LogP) is 4.87. The summed E-state index contributed by atoms with van der Waals surface area (Å²) in [6.07, 6.45) is 1.06. The molecule has 0 bridgehead atoms. The zero-order valence-corrected chi connectivity index (χ0v) is 15.7. The quantitative estimate of drug-likeness (QED) is 0.470. The molecule has 27 heavy (non-hydrogen) atoms. The highest BCUT2D eigenvalue weighted by Crippen LogP contribution is 2.32. The normalized spacial score (nSPS) is 16.8. The first-order chi connectivity index (χ1) is 13.3. The van der Waals surface area contributed by atoms with Crippen LogP contribution in [0.15, 0.2) is 99.6 Å². The van der Waals surface area contributed by atoms with E-state index in [2.05, 4.69) is 60.7 Å². The number of carbonyl (C=O) groups is 1. The Morgan fingerprint density at radius 3 is 1.89 bits per heavy atom. The third-order valence-electron chi connectivity index (χ3n) is 4.41. The second-order valence-corrected chi connectivity index (χ2v) is 8.35. The number of hydrogen-bond acceptors (Lipinski definition) is 3. The third kappa shape index (κ3) is 4.17. The van der Waals surface area contributed by atoms with Crippen LogP contribution in [0.1, 0.15) is 12.8 Å². The Balaban J connectivity index is 1.60. The molecule has 1 aliphatic heterocycles. The minimum Gasteiger partial charge on any atom is -0.479 e. The van der Waals surface area contributed by atoms with E-state index in [0.29, 0.717) is 18.8 Å². The Kier molecular flexibility index (Phi) is 5.45. The summed E-state index contributed by atoms with van der Waals surface area (Å²) in [5, 5.41) is 0. The molecule has 3 nitrogen and oxygen atoms in total. The molecular formula is C23H21O3S+. The number of hydrogen-bond donors (Lipinski definition) is 0. The third-order valence-corrected chi connectivity index (χ3v) is 6.64.